The molecule has 0 aromatic heterocycles. The van der Waals surface area contributed by atoms with Crippen molar-refractivity contribution < 1.29 is 14.5 Å². The van der Waals surface area contributed by atoms with Crippen LogP contribution in [0.1, 0.15) is 13.3 Å². The van der Waals surface area contributed by atoms with Crippen molar-refractivity contribution in [2.45, 2.75) is 13.3 Å². The van der Waals surface area contributed by atoms with Gasteiger partial charge in [0.1, 0.15) is 11.5 Å². The number of hydrogen-bond donors (Lipinski definition) is 0. The van der Waals surface area contributed by atoms with Crippen LogP contribution in [0, 0.1) is 10.1 Å². The fraction of sp³-hybridized carbons (Fsp3) is 0.429. The van der Waals surface area contributed by atoms with Gasteiger partial charge in [-0.05, 0) is 13.0 Å². The van der Waals surface area contributed by atoms with Gasteiger partial charge in [-0.15, -0.1) is 0 Å². The minimum atomic E-state index is -0.400. The number of nitro benzene ring substituents is 1. The van der Waals surface area contributed by atoms with Gasteiger partial charge in [0, 0.05) is 32.2 Å². The first-order valence-electron chi connectivity index (χ1n) is 6.74. The highest BCUT2D eigenvalue weighted by molar-refractivity contribution is 5.96. The third kappa shape index (κ3) is 3.56. The lowest BCUT2D eigenvalue weighted by Gasteiger charge is -2.35. The summed E-state index contributed by atoms with van der Waals surface area (Å²) in [5, 5.41) is 11.0. The van der Waals surface area contributed by atoms with Gasteiger partial charge in [-0.1, -0.05) is 12.1 Å². The Morgan fingerprint density at radius 1 is 1.19 bits per heavy atom. The number of benzene rings is 1. The molecule has 0 radical (unpaired) electrons. The molecule has 0 atom stereocenters. The van der Waals surface area contributed by atoms with Crippen LogP contribution in [0.15, 0.2) is 24.3 Å². The largest absolute Gasteiger partial charge is 0.362 e. The second-order valence-corrected chi connectivity index (χ2v) is 4.99. The van der Waals surface area contributed by atoms with Crippen molar-refractivity contribution in [1.29, 1.82) is 0 Å². The number of ketones is 1. The maximum atomic E-state index is 11.8. The van der Waals surface area contributed by atoms with E-state index in [0.717, 1.165) is 0 Å². The highest BCUT2D eigenvalue weighted by Crippen LogP contribution is 2.28. The quantitative estimate of drug-likeness (QED) is 0.473. The molecule has 0 N–H and O–H groups in total. The number of para-hydroxylation sites is 2. The van der Waals surface area contributed by atoms with Gasteiger partial charge in [0.05, 0.1) is 11.3 Å². The number of nitro groups is 1. The topological polar surface area (TPSA) is 83.8 Å². The first-order valence-corrected chi connectivity index (χ1v) is 6.74. The molecular weight excluding hydrogens is 274 g/mol. The van der Waals surface area contributed by atoms with Crippen LogP contribution in [0.2, 0.25) is 0 Å². The highest BCUT2D eigenvalue weighted by atomic mass is 16.6. The lowest BCUT2D eigenvalue weighted by molar-refractivity contribution is -0.384. The molecule has 1 aromatic carbocycles. The molecule has 0 aliphatic carbocycles. The minimum absolute atomic E-state index is 0.0704. The van der Waals surface area contributed by atoms with Crippen molar-refractivity contribution in [3.05, 3.63) is 34.4 Å². The van der Waals surface area contributed by atoms with Gasteiger partial charge in [-0.25, -0.2) is 0 Å². The van der Waals surface area contributed by atoms with Crippen LogP contribution in [0.4, 0.5) is 11.4 Å². The van der Waals surface area contributed by atoms with E-state index in [9.17, 15) is 19.7 Å². The van der Waals surface area contributed by atoms with E-state index in [1.807, 2.05) is 4.90 Å². The lowest BCUT2D eigenvalue weighted by atomic mass is 10.2. The first kappa shape index (κ1) is 15.0. The monoisotopic (exact) mass is 291 g/mol. The van der Waals surface area contributed by atoms with E-state index < -0.39 is 4.92 Å². The molecule has 0 spiro atoms. The van der Waals surface area contributed by atoms with Gasteiger partial charge >= 0.3 is 0 Å². The van der Waals surface area contributed by atoms with E-state index in [4.69, 9.17) is 0 Å². The summed E-state index contributed by atoms with van der Waals surface area (Å²) in [6, 6.07) is 6.58. The first-order chi connectivity index (χ1) is 9.99. The van der Waals surface area contributed by atoms with Crippen LogP contribution >= 0.6 is 0 Å². The number of Topliss-reactive ketones (excluding diaryl/α,β-unsaturated/α-hetero) is 1. The molecule has 21 heavy (non-hydrogen) atoms. The minimum Gasteiger partial charge on any atom is -0.362 e. The van der Waals surface area contributed by atoms with E-state index in [1.165, 1.54) is 13.0 Å². The molecule has 1 heterocycles. The summed E-state index contributed by atoms with van der Waals surface area (Å²) >= 11 is 0. The van der Waals surface area contributed by atoms with Crippen LogP contribution in [-0.4, -0.2) is 47.7 Å². The third-order valence-electron chi connectivity index (χ3n) is 3.45. The summed E-state index contributed by atoms with van der Waals surface area (Å²) in [6.45, 7) is 3.38. The summed E-state index contributed by atoms with van der Waals surface area (Å²) in [5.41, 5.74) is 0.641. The summed E-state index contributed by atoms with van der Waals surface area (Å²) in [6.07, 6.45) is -0.0779. The van der Waals surface area contributed by atoms with Gasteiger partial charge in [0.25, 0.3) is 5.69 Å². The van der Waals surface area contributed by atoms with Crippen molar-refractivity contribution in [2.24, 2.45) is 0 Å². The maximum absolute atomic E-state index is 11.8. The molecule has 1 fully saturated rings. The number of amides is 1. The number of hydrogen-bond acceptors (Lipinski definition) is 5. The summed E-state index contributed by atoms with van der Waals surface area (Å²) in [7, 11) is 0. The standard InChI is InChI=1S/C14H17N3O4/c1-11(18)10-14(19)16-8-6-15(7-9-16)12-4-2-3-5-13(12)17(20)21/h2-5H,6-10H2,1H3. The predicted molar refractivity (Wildman–Crippen MR) is 77.2 cm³/mol. The molecule has 1 aliphatic heterocycles. The molecule has 0 unspecified atom stereocenters. The Hall–Kier alpha value is -2.44. The number of rotatable bonds is 4. The highest BCUT2D eigenvalue weighted by Gasteiger charge is 2.25. The lowest BCUT2D eigenvalue weighted by Crippen LogP contribution is -2.49. The molecule has 2 rings (SSSR count). The molecule has 0 bridgehead atoms. The molecule has 1 amide bonds. The van der Waals surface area contributed by atoms with Crippen LogP contribution < -0.4 is 4.90 Å². The normalized spacial score (nSPS) is 14.9. The van der Waals surface area contributed by atoms with Gasteiger partial charge in [0.2, 0.25) is 5.91 Å². The fourth-order valence-electron chi connectivity index (χ4n) is 2.41. The van der Waals surface area contributed by atoms with Crippen molar-refractivity contribution in [2.75, 3.05) is 31.1 Å². The Kier molecular flexibility index (Phi) is 4.52. The van der Waals surface area contributed by atoms with Gasteiger partial charge < -0.3 is 9.80 Å². The SMILES string of the molecule is CC(=O)CC(=O)N1CCN(c2ccccc2[N+](=O)[O-])CC1. The van der Waals surface area contributed by atoms with E-state index in [0.29, 0.717) is 31.9 Å². The molecule has 1 aliphatic rings. The zero-order valence-electron chi connectivity index (χ0n) is 11.8. The Balaban J connectivity index is 2.03. The molecule has 7 nitrogen and oxygen atoms in total. The van der Waals surface area contributed by atoms with Crippen LogP contribution in [0.5, 0.6) is 0 Å². The Morgan fingerprint density at radius 2 is 1.81 bits per heavy atom. The van der Waals surface area contributed by atoms with E-state index >= 15 is 0 Å². The second kappa shape index (κ2) is 6.34. The number of anilines is 1. The molecule has 1 saturated heterocycles. The van der Waals surface area contributed by atoms with Crippen LogP contribution in [-0.2, 0) is 9.59 Å². The number of carbonyl (C=O) groups is 2. The zero-order valence-corrected chi connectivity index (χ0v) is 11.8. The van der Waals surface area contributed by atoms with Gasteiger partial charge in [-0.3, -0.25) is 19.7 Å². The molecule has 0 saturated carbocycles. The van der Waals surface area contributed by atoms with Crippen LogP contribution in [0.3, 0.4) is 0 Å². The Morgan fingerprint density at radius 3 is 2.38 bits per heavy atom. The summed E-state index contributed by atoms with van der Waals surface area (Å²) < 4.78 is 0. The van der Waals surface area contributed by atoms with Crippen molar-refractivity contribution in [1.82, 2.24) is 4.90 Å². The fourth-order valence-corrected chi connectivity index (χ4v) is 2.41. The van der Waals surface area contributed by atoms with Gasteiger partial charge in [0.15, 0.2) is 0 Å². The average Bonchev–Trinajstić information content (AvgIpc) is 2.46. The van der Waals surface area contributed by atoms with Gasteiger partial charge in [-0.2, -0.15) is 0 Å². The Labute approximate surface area is 122 Å². The molecule has 112 valence electrons. The van der Waals surface area contributed by atoms with Crippen molar-refractivity contribution >= 4 is 23.1 Å². The maximum Gasteiger partial charge on any atom is 0.292 e. The van der Waals surface area contributed by atoms with E-state index in [1.54, 1.807) is 23.1 Å². The summed E-state index contributed by atoms with van der Waals surface area (Å²) in [4.78, 5) is 36.9. The number of nitrogens with zero attached hydrogens (tertiary/aromatic N) is 3. The van der Waals surface area contributed by atoms with Crippen molar-refractivity contribution in [3.63, 3.8) is 0 Å². The van der Waals surface area contributed by atoms with E-state index in [-0.39, 0.29) is 23.8 Å². The van der Waals surface area contributed by atoms with Crippen LogP contribution in [0.25, 0.3) is 0 Å². The van der Waals surface area contributed by atoms with E-state index in [2.05, 4.69) is 0 Å². The third-order valence-corrected chi connectivity index (χ3v) is 3.45. The van der Waals surface area contributed by atoms with Crippen molar-refractivity contribution in [3.8, 4) is 0 Å². The molecule has 7 heteroatoms. The smallest absolute Gasteiger partial charge is 0.292 e. The number of carbonyl (C=O) groups excluding carboxylic acids is 2. The predicted octanol–water partition coefficient (Wildman–Crippen LogP) is 1.22. The zero-order chi connectivity index (χ0) is 15.4. The molecular formula is C14H17N3O4. The second-order valence-electron chi connectivity index (χ2n) is 4.99. The molecule has 1 aromatic rings. The summed E-state index contributed by atoms with van der Waals surface area (Å²) in [5.74, 6) is -0.328. The average molecular weight is 291 g/mol. The Bertz CT molecular complexity index is 565. The number of piperazine rings is 1.